The van der Waals surface area contributed by atoms with Crippen molar-refractivity contribution in [2.45, 2.75) is 107 Å². The van der Waals surface area contributed by atoms with E-state index in [2.05, 4.69) is 38.1 Å². The van der Waals surface area contributed by atoms with Gasteiger partial charge in [0.1, 0.15) is 0 Å². The van der Waals surface area contributed by atoms with Crippen molar-refractivity contribution >= 4 is 29.0 Å². The first-order chi connectivity index (χ1) is 7.93. The van der Waals surface area contributed by atoms with Gasteiger partial charge in [0.25, 0.3) is 0 Å². The van der Waals surface area contributed by atoms with Gasteiger partial charge in [-0.25, -0.2) is 0 Å². The standard InChI is InChI=1S/C5H12.C4H8O.CH3O.6CH4.3CH3.2Al/c1-4-5(2)3;1-2-3-4-5;1-2;;;;;;;;;;;/h5H,4H2,1-3H3;1-4H2;1H3;6*1H4;3*1H3;;/q;2*-1;;;;;;;;;;2*+1. The third-order valence-electron chi connectivity index (χ3n) is 2.70. The van der Waals surface area contributed by atoms with Crippen LogP contribution >= 0.6 is 0 Å². The van der Waals surface area contributed by atoms with Gasteiger partial charge in [0.05, 0.1) is 0 Å². The van der Waals surface area contributed by atoms with Crippen LogP contribution in [0.4, 0.5) is 0 Å². The molecule has 150 valence electrons. The van der Waals surface area contributed by atoms with Crippen LogP contribution < -0.4 is 0 Å². The molecule has 0 bridgehead atoms. The minimum atomic E-state index is -0.650. The zero-order valence-electron chi connectivity index (χ0n) is 13.1. The first-order valence-electron chi connectivity index (χ1n) is 7.08. The van der Waals surface area contributed by atoms with Gasteiger partial charge in [-0.2, -0.15) is 0 Å². The Morgan fingerprint density at radius 3 is 1.43 bits per heavy atom. The smallest absolute Gasteiger partial charge is 0.457 e. The van der Waals surface area contributed by atoms with Crippen LogP contribution in [0.1, 0.15) is 84.6 Å². The molecule has 1 rings (SSSR count). The summed E-state index contributed by atoms with van der Waals surface area (Å²) in [6.45, 7) is 7.69. The van der Waals surface area contributed by atoms with E-state index >= 15 is 0 Å². The van der Waals surface area contributed by atoms with Gasteiger partial charge in [-0.3, -0.25) is 0 Å². The van der Waals surface area contributed by atoms with Crippen LogP contribution in [0.5, 0.6) is 0 Å². The molecule has 1 fully saturated rings. The summed E-state index contributed by atoms with van der Waals surface area (Å²) in [5.74, 6) is 7.44. The summed E-state index contributed by atoms with van der Waals surface area (Å²) < 4.78 is 10.3. The summed E-state index contributed by atoms with van der Waals surface area (Å²) in [4.78, 5) is 0. The molecular weight excluding hydrogens is 314 g/mol. The van der Waals surface area contributed by atoms with Crippen LogP contribution in [0, 0.1) is 5.92 Å². The zero-order chi connectivity index (χ0) is 13.7. The van der Waals surface area contributed by atoms with Crippen LogP contribution in [0.25, 0.3) is 0 Å². The van der Waals surface area contributed by atoms with E-state index in [1.54, 1.807) is 7.11 Å². The molecule has 0 aromatic rings. The Kier molecular flexibility index (Phi) is 83.0. The predicted molar refractivity (Wildman–Crippen MR) is 122 cm³/mol. The molecule has 0 unspecified atom stereocenters. The summed E-state index contributed by atoms with van der Waals surface area (Å²) in [6, 6.07) is 0. The van der Waals surface area contributed by atoms with E-state index < -0.39 is 29.0 Å². The lowest BCUT2D eigenvalue weighted by Gasteiger charge is -2.13. The van der Waals surface area contributed by atoms with Crippen molar-refractivity contribution in [1.82, 2.24) is 0 Å². The van der Waals surface area contributed by atoms with E-state index in [1.165, 1.54) is 24.5 Å². The molecule has 0 spiro atoms. The van der Waals surface area contributed by atoms with Crippen LogP contribution in [0.3, 0.4) is 0 Å². The average Bonchev–Trinajstić information content (AvgIpc) is 2.31. The fourth-order valence-corrected chi connectivity index (χ4v) is 2.50. The molecule has 23 heavy (non-hydrogen) atoms. The van der Waals surface area contributed by atoms with Crippen LogP contribution in [0.2, 0.25) is 22.6 Å². The van der Waals surface area contributed by atoms with E-state index in [4.69, 9.17) is 7.58 Å². The van der Waals surface area contributed by atoms with Crippen LogP contribution in [0.15, 0.2) is 0 Å². The molecule has 0 atom stereocenters. The molecule has 1 aliphatic heterocycles. The fraction of sp³-hybridized carbons (Fsp3) is 1.00. The number of hydrogen-bond acceptors (Lipinski definition) is 2. The van der Waals surface area contributed by atoms with Gasteiger partial charge in [-0.05, 0) is 12.3 Å². The lowest BCUT2D eigenvalue weighted by atomic mass is 10.2. The fourth-order valence-electron chi connectivity index (χ4n) is 0.902. The molecule has 0 amide bonds. The molecule has 2 nitrogen and oxygen atoms in total. The molecule has 4 heteroatoms. The average molecular weight is 371 g/mol. The highest BCUT2D eigenvalue weighted by Gasteiger charge is 2.15. The van der Waals surface area contributed by atoms with E-state index in [1.807, 2.05) is 0 Å². The van der Waals surface area contributed by atoms with Crippen molar-refractivity contribution in [2.24, 2.45) is 5.92 Å². The SMILES string of the molecule is C.C.C.C.C.C.CCC(C)C.C[O][Al]([CH3])[CH3].[CH3][Al]1[CH2]CCC[O]1. The van der Waals surface area contributed by atoms with E-state index in [-0.39, 0.29) is 44.6 Å². The van der Waals surface area contributed by atoms with E-state index in [9.17, 15) is 0 Å². The lowest BCUT2D eigenvalue weighted by molar-refractivity contribution is 0.291. The second-order valence-electron chi connectivity index (χ2n) is 5.26. The summed E-state index contributed by atoms with van der Waals surface area (Å²) in [5.41, 5.74) is 0. The molecule has 1 heterocycles. The Morgan fingerprint density at radius 1 is 1.00 bits per heavy atom. The molecule has 0 aromatic heterocycles. The highest BCUT2D eigenvalue weighted by atomic mass is 27.2. The second-order valence-corrected chi connectivity index (χ2v) is 10.4. The Morgan fingerprint density at radius 2 is 1.35 bits per heavy atom. The summed E-state index contributed by atoms with van der Waals surface area (Å²) in [7, 11) is 1.76. The van der Waals surface area contributed by atoms with Gasteiger partial charge in [-0.1, -0.05) is 101 Å². The summed E-state index contributed by atoms with van der Waals surface area (Å²) in [5, 5.41) is 1.40. The van der Waals surface area contributed by atoms with Gasteiger partial charge < -0.3 is 7.58 Å². The minimum Gasteiger partial charge on any atom is -0.503 e. The molecule has 0 saturated carbocycles. The van der Waals surface area contributed by atoms with Gasteiger partial charge in [0.2, 0.25) is 0 Å². The lowest BCUT2D eigenvalue weighted by Crippen LogP contribution is -2.18. The first kappa shape index (κ1) is 49.6. The Bertz CT molecular complexity index is 129. The maximum Gasteiger partial charge on any atom is 0.457 e. The predicted octanol–water partition coefficient (Wildman–Crippen LogP) is 8.17. The highest BCUT2D eigenvalue weighted by Crippen LogP contribution is 2.09. The summed E-state index contributed by atoms with van der Waals surface area (Å²) in [6.07, 6.45) is 4.03. The van der Waals surface area contributed by atoms with Crippen molar-refractivity contribution in [3.63, 3.8) is 0 Å². The normalized spacial score (nSPS) is 10.7. The zero-order valence-corrected chi connectivity index (χ0v) is 15.4. The molecule has 1 saturated heterocycles. The number of hydrogen-bond donors (Lipinski definition) is 0. The van der Waals surface area contributed by atoms with Gasteiger partial charge >= 0.3 is 29.0 Å². The van der Waals surface area contributed by atoms with E-state index in [0.717, 1.165) is 12.5 Å². The molecular formula is C19H56Al2O2. The van der Waals surface area contributed by atoms with Crippen LogP contribution in [-0.4, -0.2) is 42.7 Å². The largest absolute Gasteiger partial charge is 0.503 e. The molecule has 0 N–H and O–H groups in total. The maximum absolute atomic E-state index is 5.42. The Hall–Kier alpha value is 0.985. The molecule has 0 aromatic carbocycles. The topological polar surface area (TPSA) is 18.5 Å². The Balaban J connectivity index is -0.0000000220. The highest BCUT2D eigenvalue weighted by molar-refractivity contribution is 6.50. The minimum absolute atomic E-state index is 0. The van der Waals surface area contributed by atoms with Gasteiger partial charge in [-0.15, -0.1) is 0 Å². The molecule has 1 aliphatic rings. The van der Waals surface area contributed by atoms with Crippen molar-refractivity contribution in [3.05, 3.63) is 0 Å². The summed E-state index contributed by atoms with van der Waals surface area (Å²) >= 11 is -1.24. The molecule has 0 aliphatic carbocycles. The van der Waals surface area contributed by atoms with Crippen molar-refractivity contribution in [3.8, 4) is 0 Å². The number of rotatable bonds is 2. The maximum atomic E-state index is 5.42. The second kappa shape index (κ2) is 38.5. The van der Waals surface area contributed by atoms with Gasteiger partial charge in [0.15, 0.2) is 0 Å². The molecule has 0 radical (unpaired) electrons. The van der Waals surface area contributed by atoms with Crippen LogP contribution in [-0.2, 0) is 7.58 Å². The van der Waals surface area contributed by atoms with Gasteiger partial charge in [0, 0.05) is 13.7 Å². The third-order valence-corrected chi connectivity index (χ3v) is 5.66. The van der Waals surface area contributed by atoms with Crippen molar-refractivity contribution in [1.29, 1.82) is 0 Å². The first-order valence-corrected chi connectivity index (χ1v) is 12.3. The van der Waals surface area contributed by atoms with E-state index in [0.29, 0.717) is 0 Å². The van der Waals surface area contributed by atoms with Crippen molar-refractivity contribution < 1.29 is 7.58 Å². The monoisotopic (exact) mass is 370 g/mol. The third kappa shape index (κ3) is 60.0. The van der Waals surface area contributed by atoms with Crippen molar-refractivity contribution in [2.75, 3.05) is 13.7 Å². The quantitative estimate of drug-likeness (QED) is 0.456. The Labute approximate surface area is 163 Å².